The molecule has 1 aromatic heterocycles. The first-order valence-electron chi connectivity index (χ1n) is 7.83. The monoisotopic (exact) mass is 275 g/mol. The number of hydrogen-bond donors (Lipinski definition) is 1. The van der Waals surface area contributed by atoms with Crippen LogP contribution in [0.5, 0.6) is 0 Å². The minimum Gasteiger partial charge on any atom is -0.374 e. The fourth-order valence-electron chi connectivity index (χ4n) is 3.55. The van der Waals surface area contributed by atoms with Gasteiger partial charge in [0.2, 0.25) is 0 Å². The van der Waals surface area contributed by atoms with E-state index >= 15 is 0 Å². The summed E-state index contributed by atoms with van der Waals surface area (Å²) in [7, 11) is 0. The highest BCUT2D eigenvalue weighted by Gasteiger charge is 2.35. The number of rotatable bonds is 3. The zero-order chi connectivity index (χ0) is 13.9. The molecule has 2 heterocycles. The van der Waals surface area contributed by atoms with Gasteiger partial charge in [-0.3, -0.25) is 0 Å². The molecule has 0 aromatic carbocycles. The van der Waals surface area contributed by atoms with Gasteiger partial charge in [-0.25, -0.2) is 4.98 Å². The lowest BCUT2D eigenvalue weighted by atomic mass is 9.89. The molecule has 0 spiro atoms. The van der Waals surface area contributed by atoms with Gasteiger partial charge in [0.25, 0.3) is 0 Å². The third-order valence-corrected chi connectivity index (χ3v) is 4.41. The van der Waals surface area contributed by atoms with Crippen LogP contribution < -0.4 is 10.6 Å². The molecule has 2 fully saturated rings. The number of nitrogens with zero attached hydrogens (tertiary/aromatic N) is 2. The Labute approximate surface area is 121 Å². The van der Waals surface area contributed by atoms with E-state index in [2.05, 4.69) is 22.9 Å². The highest BCUT2D eigenvalue weighted by atomic mass is 16.5. The first-order valence-corrected chi connectivity index (χ1v) is 7.83. The van der Waals surface area contributed by atoms with Gasteiger partial charge in [0.15, 0.2) is 0 Å². The Morgan fingerprint density at radius 3 is 3.15 bits per heavy atom. The van der Waals surface area contributed by atoms with E-state index in [1.54, 1.807) is 0 Å². The van der Waals surface area contributed by atoms with Crippen LogP contribution in [0, 0.1) is 0 Å². The van der Waals surface area contributed by atoms with Gasteiger partial charge in [-0.1, -0.05) is 18.9 Å². The molecular formula is C16H25N3O. The number of pyridine rings is 1. The van der Waals surface area contributed by atoms with Gasteiger partial charge in [-0.15, -0.1) is 0 Å². The van der Waals surface area contributed by atoms with Crippen LogP contribution in [0.3, 0.4) is 0 Å². The van der Waals surface area contributed by atoms with E-state index in [4.69, 9.17) is 10.5 Å². The summed E-state index contributed by atoms with van der Waals surface area (Å²) in [6.45, 7) is 3.82. The van der Waals surface area contributed by atoms with Gasteiger partial charge in [-0.2, -0.15) is 0 Å². The molecule has 0 bridgehead atoms. The molecule has 1 saturated heterocycles. The standard InChI is InChI=1S/C16H25N3O/c1-12(17)11-13-5-4-8-18-16(13)19-9-10-20-15-7-3-2-6-14(15)19/h4-5,8,12,14-15H,2-3,6-7,9-11,17H2,1H3. The van der Waals surface area contributed by atoms with E-state index in [0.29, 0.717) is 12.1 Å². The van der Waals surface area contributed by atoms with E-state index in [9.17, 15) is 0 Å². The Hall–Kier alpha value is -1.13. The Morgan fingerprint density at radius 2 is 2.30 bits per heavy atom. The van der Waals surface area contributed by atoms with E-state index in [-0.39, 0.29) is 6.04 Å². The molecule has 3 unspecified atom stereocenters. The zero-order valence-electron chi connectivity index (χ0n) is 12.3. The molecule has 1 saturated carbocycles. The number of fused-ring (bicyclic) bond motifs is 1. The summed E-state index contributed by atoms with van der Waals surface area (Å²) < 4.78 is 5.96. The van der Waals surface area contributed by atoms with Gasteiger partial charge >= 0.3 is 0 Å². The fraction of sp³-hybridized carbons (Fsp3) is 0.688. The third kappa shape index (κ3) is 2.81. The zero-order valence-corrected chi connectivity index (χ0v) is 12.3. The van der Waals surface area contributed by atoms with E-state index in [1.807, 2.05) is 12.3 Å². The molecule has 20 heavy (non-hydrogen) atoms. The molecule has 2 N–H and O–H groups in total. The first kappa shape index (κ1) is 13.8. The van der Waals surface area contributed by atoms with Crippen molar-refractivity contribution in [2.45, 2.75) is 57.2 Å². The number of hydrogen-bond acceptors (Lipinski definition) is 4. The molecule has 4 heteroatoms. The lowest BCUT2D eigenvalue weighted by Crippen LogP contribution is -2.53. The Kier molecular flexibility index (Phi) is 4.22. The average Bonchev–Trinajstić information content (AvgIpc) is 2.47. The van der Waals surface area contributed by atoms with Crippen molar-refractivity contribution in [2.24, 2.45) is 5.73 Å². The number of aromatic nitrogens is 1. The third-order valence-electron chi connectivity index (χ3n) is 4.41. The Morgan fingerprint density at radius 1 is 1.45 bits per heavy atom. The highest BCUT2D eigenvalue weighted by molar-refractivity contribution is 5.49. The maximum Gasteiger partial charge on any atom is 0.132 e. The van der Waals surface area contributed by atoms with Gasteiger partial charge in [-0.05, 0) is 37.8 Å². The largest absolute Gasteiger partial charge is 0.374 e. The average molecular weight is 275 g/mol. The van der Waals surface area contributed by atoms with Crippen molar-refractivity contribution < 1.29 is 4.74 Å². The molecule has 4 nitrogen and oxygen atoms in total. The van der Waals surface area contributed by atoms with Crippen molar-refractivity contribution in [1.29, 1.82) is 0 Å². The quantitative estimate of drug-likeness (QED) is 0.918. The molecule has 1 aliphatic heterocycles. The van der Waals surface area contributed by atoms with E-state index in [1.165, 1.54) is 31.2 Å². The lowest BCUT2D eigenvalue weighted by molar-refractivity contribution is -0.00905. The number of anilines is 1. The van der Waals surface area contributed by atoms with E-state index < -0.39 is 0 Å². The summed E-state index contributed by atoms with van der Waals surface area (Å²) in [6, 6.07) is 4.85. The maximum absolute atomic E-state index is 5.98. The van der Waals surface area contributed by atoms with Crippen molar-refractivity contribution >= 4 is 5.82 Å². The first-order chi connectivity index (χ1) is 9.75. The lowest BCUT2D eigenvalue weighted by Gasteiger charge is -2.45. The SMILES string of the molecule is CC(N)Cc1cccnc1N1CCOC2CCCCC21. The number of ether oxygens (including phenoxy) is 1. The normalized spacial score (nSPS) is 28.0. The van der Waals surface area contributed by atoms with Crippen molar-refractivity contribution in [3.8, 4) is 0 Å². The predicted octanol–water partition coefficient (Wildman–Crippen LogP) is 2.12. The van der Waals surface area contributed by atoms with E-state index in [0.717, 1.165) is 25.4 Å². The highest BCUT2D eigenvalue weighted by Crippen LogP contribution is 2.32. The second-order valence-corrected chi connectivity index (χ2v) is 6.12. The minimum absolute atomic E-state index is 0.168. The van der Waals surface area contributed by atoms with Gasteiger partial charge in [0, 0.05) is 18.8 Å². The Bertz CT molecular complexity index is 447. The van der Waals surface area contributed by atoms with Gasteiger partial charge in [0.1, 0.15) is 5.82 Å². The van der Waals surface area contributed by atoms with Crippen LogP contribution in [0.1, 0.15) is 38.2 Å². The van der Waals surface area contributed by atoms with Crippen LogP contribution >= 0.6 is 0 Å². The van der Waals surface area contributed by atoms with Crippen molar-refractivity contribution in [3.63, 3.8) is 0 Å². The van der Waals surface area contributed by atoms with Gasteiger partial charge < -0.3 is 15.4 Å². The predicted molar refractivity (Wildman–Crippen MR) is 80.9 cm³/mol. The molecule has 1 aliphatic carbocycles. The van der Waals surface area contributed by atoms with Crippen LogP contribution in [0.4, 0.5) is 5.82 Å². The molecule has 2 aliphatic rings. The van der Waals surface area contributed by atoms with Crippen molar-refractivity contribution in [3.05, 3.63) is 23.9 Å². The van der Waals surface area contributed by atoms with Crippen LogP contribution in [0.25, 0.3) is 0 Å². The fourth-order valence-corrected chi connectivity index (χ4v) is 3.55. The summed E-state index contributed by atoms with van der Waals surface area (Å²) in [4.78, 5) is 7.14. The minimum atomic E-state index is 0.168. The molecule has 1 aromatic rings. The molecule has 3 atom stereocenters. The van der Waals surface area contributed by atoms with Crippen LogP contribution in [0.2, 0.25) is 0 Å². The van der Waals surface area contributed by atoms with Gasteiger partial charge in [0.05, 0.1) is 18.8 Å². The molecule has 110 valence electrons. The van der Waals surface area contributed by atoms with Crippen LogP contribution in [-0.2, 0) is 11.2 Å². The Balaban J connectivity index is 1.87. The second kappa shape index (κ2) is 6.10. The van der Waals surface area contributed by atoms with Crippen LogP contribution in [-0.4, -0.2) is 36.3 Å². The van der Waals surface area contributed by atoms with Crippen LogP contribution in [0.15, 0.2) is 18.3 Å². The summed E-state index contributed by atoms with van der Waals surface area (Å²) in [6.07, 6.45) is 8.18. The smallest absolute Gasteiger partial charge is 0.132 e. The number of nitrogens with two attached hydrogens (primary N) is 1. The summed E-state index contributed by atoms with van der Waals surface area (Å²) in [5.41, 5.74) is 7.26. The molecule has 0 amide bonds. The van der Waals surface area contributed by atoms with Crippen molar-refractivity contribution in [1.82, 2.24) is 4.98 Å². The maximum atomic E-state index is 5.98. The molecule has 3 rings (SSSR count). The molecular weight excluding hydrogens is 250 g/mol. The summed E-state index contributed by atoms with van der Waals surface area (Å²) in [5, 5.41) is 0. The second-order valence-electron chi connectivity index (χ2n) is 6.12. The van der Waals surface area contributed by atoms with Crippen molar-refractivity contribution in [2.75, 3.05) is 18.1 Å². The summed E-state index contributed by atoms with van der Waals surface area (Å²) >= 11 is 0. The number of morpholine rings is 1. The molecule has 0 radical (unpaired) electrons. The topological polar surface area (TPSA) is 51.4 Å². The summed E-state index contributed by atoms with van der Waals surface area (Å²) in [5.74, 6) is 1.13.